The van der Waals surface area contributed by atoms with Gasteiger partial charge >= 0.3 is 0 Å². The monoisotopic (exact) mass is 580 g/mol. The summed E-state index contributed by atoms with van der Waals surface area (Å²) in [6, 6.07) is 21.1. The Hall–Kier alpha value is -3.94. The molecule has 2 aliphatic heterocycles. The molecular formula is C36H40N2O5. The molecule has 2 saturated heterocycles. The zero-order chi connectivity index (χ0) is 30.1. The Morgan fingerprint density at radius 2 is 1.74 bits per heavy atom. The lowest BCUT2D eigenvalue weighted by atomic mass is 9.67. The van der Waals surface area contributed by atoms with E-state index in [9.17, 15) is 14.7 Å². The topological polar surface area (TPSA) is 92.0 Å². The third-order valence-corrected chi connectivity index (χ3v) is 9.20. The van der Waals surface area contributed by atoms with Crippen molar-refractivity contribution < 1.29 is 23.8 Å². The van der Waals surface area contributed by atoms with E-state index < -0.39 is 5.92 Å². The number of rotatable bonds is 10. The molecular weight excluding hydrogens is 540 g/mol. The smallest absolute Gasteiger partial charge is 0.238 e. The van der Waals surface area contributed by atoms with Crippen LogP contribution in [0.2, 0.25) is 0 Å². The molecule has 6 rings (SSSR count). The average molecular weight is 581 g/mol. The van der Waals surface area contributed by atoms with Gasteiger partial charge in [0.25, 0.3) is 0 Å². The number of anilines is 3. The van der Waals surface area contributed by atoms with E-state index in [-0.39, 0.29) is 42.3 Å². The van der Waals surface area contributed by atoms with Crippen molar-refractivity contribution in [1.29, 1.82) is 0 Å². The van der Waals surface area contributed by atoms with Gasteiger partial charge in [-0.2, -0.15) is 0 Å². The Morgan fingerprint density at radius 3 is 2.42 bits per heavy atom. The second-order valence-electron chi connectivity index (χ2n) is 12.1. The van der Waals surface area contributed by atoms with Crippen LogP contribution in [-0.4, -0.2) is 29.6 Å². The van der Waals surface area contributed by atoms with Crippen LogP contribution in [0.1, 0.15) is 58.0 Å². The first-order chi connectivity index (χ1) is 20.9. The molecule has 4 atom stereocenters. The van der Waals surface area contributed by atoms with Crippen LogP contribution in [0.4, 0.5) is 17.1 Å². The number of carbonyl (C=O) groups is 2. The van der Waals surface area contributed by atoms with Crippen LogP contribution in [0.3, 0.4) is 0 Å². The van der Waals surface area contributed by atoms with Crippen molar-refractivity contribution >= 4 is 35.0 Å². The molecule has 2 N–H and O–H groups in total. The Labute approximate surface area is 253 Å². The molecule has 224 valence electrons. The van der Waals surface area contributed by atoms with Crippen LogP contribution in [0.5, 0.6) is 0 Å². The molecule has 7 nitrogen and oxygen atoms in total. The molecule has 0 unspecified atom stereocenters. The van der Waals surface area contributed by atoms with Gasteiger partial charge in [-0.3, -0.25) is 14.5 Å². The van der Waals surface area contributed by atoms with Gasteiger partial charge in [-0.1, -0.05) is 50.1 Å². The second-order valence-corrected chi connectivity index (χ2v) is 12.1. The zero-order valence-corrected chi connectivity index (χ0v) is 25.1. The number of hydrogen-bond acceptors (Lipinski definition) is 6. The number of aliphatic hydroxyl groups is 1. The largest absolute Gasteiger partial charge is 0.459 e. The van der Waals surface area contributed by atoms with Gasteiger partial charge in [0.05, 0.1) is 30.2 Å². The molecule has 2 amide bonds. The van der Waals surface area contributed by atoms with E-state index in [4.69, 9.17) is 9.15 Å². The summed E-state index contributed by atoms with van der Waals surface area (Å²) in [4.78, 5) is 29.2. The zero-order valence-electron chi connectivity index (χ0n) is 25.1. The van der Waals surface area contributed by atoms with Crippen molar-refractivity contribution in [2.75, 3.05) is 16.8 Å². The molecule has 3 aliphatic rings. The van der Waals surface area contributed by atoms with Crippen molar-refractivity contribution in [3.05, 3.63) is 95.0 Å². The summed E-state index contributed by atoms with van der Waals surface area (Å²) in [5.74, 6) is 0.532. The summed E-state index contributed by atoms with van der Waals surface area (Å²) in [5, 5.41) is 12.7. The van der Waals surface area contributed by atoms with E-state index in [2.05, 4.69) is 32.2 Å². The van der Waals surface area contributed by atoms with Gasteiger partial charge < -0.3 is 19.6 Å². The Morgan fingerprint density at radius 1 is 1.00 bits per heavy atom. The van der Waals surface area contributed by atoms with Gasteiger partial charge in [0.1, 0.15) is 18.1 Å². The highest BCUT2D eigenvalue weighted by Gasteiger charge is 2.57. The number of fused-ring (bicyclic) bond motifs is 3. The highest BCUT2D eigenvalue weighted by Crippen LogP contribution is 2.52. The predicted octanol–water partition coefficient (Wildman–Crippen LogP) is 7.27. The third kappa shape index (κ3) is 5.71. The molecule has 3 aromatic rings. The van der Waals surface area contributed by atoms with Crippen molar-refractivity contribution in [2.45, 2.75) is 59.2 Å². The molecule has 0 saturated carbocycles. The number of furan rings is 1. The number of allylic oxidation sites excluding steroid dienone is 2. The summed E-state index contributed by atoms with van der Waals surface area (Å²) in [5.41, 5.74) is 6.26. The number of benzene rings is 2. The Bertz CT molecular complexity index is 1540. The van der Waals surface area contributed by atoms with Crippen LogP contribution in [0.25, 0.3) is 6.08 Å². The van der Waals surface area contributed by atoms with E-state index in [1.54, 1.807) is 6.07 Å². The van der Waals surface area contributed by atoms with Crippen LogP contribution in [0, 0.1) is 23.7 Å². The summed E-state index contributed by atoms with van der Waals surface area (Å²) in [7, 11) is 0. The van der Waals surface area contributed by atoms with E-state index in [0.29, 0.717) is 24.5 Å². The van der Waals surface area contributed by atoms with Crippen molar-refractivity contribution in [3.63, 3.8) is 0 Å². The van der Waals surface area contributed by atoms with Gasteiger partial charge in [-0.05, 0) is 91.8 Å². The summed E-state index contributed by atoms with van der Waals surface area (Å²) in [6.45, 7) is 6.84. The molecule has 7 heteroatoms. The van der Waals surface area contributed by atoms with E-state index in [1.807, 2.05) is 60.7 Å². The summed E-state index contributed by atoms with van der Waals surface area (Å²) < 4.78 is 12.1. The molecule has 1 aromatic heterocycles. The lowest BCUT2D eigenvalue weighted by molar-refractivity contribution is -0.122. The molecule has 2 fully saturated rings. The van der Waals surface area contributed by atoms with Crippen LogP contribution in [0.15, 0.2) is 87.9 Å². The number of imide groups is 1. The minimum atomic E-state index is -0.390. The number of nitrogens with one attached hydrogen (secondary N) is 1. The number of aliphatic hydroxyl groups excluding tert-OH is 1. The lowest BCUT2D eigenvalue weighted by Crippen LogP contribution is -2.35. The molecule has 0 radical (unpaired) electrons. The minimum absolute atomic E-state index is 0.0665. The fourth-order valence-corrected chi connectivity index (χ4v) is 7.02. The summed E-state index contributed by atoms with van der Waals surface area (Å²) >= 11 is 0. The van der Waals surface area contributed by atoms with Gasteiger partial charge in [-0.25, -0.2) is 0 Å². The number of ether oxygens (including phenoxy) is 1. The number of nitrogens with zero attached hydrogens (tertiary/aromatic N) is 1. The summed E-state index contributed by atoms with van der Waals surface area (Å²) in [6.07, 6.45) is 5.13. The van der Waals surface area contributed by atoms with Crippen LogP contribution < -0.4 is 10.2 Å². The normalized spacial score (nSPS) is 23.7. The molecule has 3 heterocycles. The van der Waals surface area contributed by atoms with Gasteiger partial charge in [0.2, 0.25) is 11.8 Å². The lowest BCUT2D eigenvalue weighted by Gasteiger charge is -2.33. The van der Waals surface area contributed by atoms with E-state index in [1.165, 1.54) is 21.6 Å². The molecule has 2 aromatic carbocycles. The maximum Gasteiger partial charge on any atom is 0.238 e. The van der Waals surface area contributed by atoms with Gasteiger partial charge in [0, 0.05) is 17.3 Å². The number of para-hydroxylation sites is 1. The number of hydrogen-bond donors (Lipinski definition) is 2. The molecule has 0 bridgehead atoms. The molecule has 43 heavy (non-hydrogen) atoms. The highest BCUT2D eigenvalue weighted by atomic mass is 16.5. The number of amides is 2. The van der Waals surface area contributed by atoms with Crippen LogP contribution in [-0.2, 0) is 20.9 Å². The maximum atomic E-state index is 14.0. The van der Waals surface area contributed by atoms with Crippen molar-refractivity contribution in [1.82, 2.24) is 0 Å². The Kier molecular flexibility index (Phi) is 8.37. The average Bonchev–Trinajstić information content (AvgIpc) is 3.72. The van der Waals surface area contributed by atoms with Gasteiger partial charge in [0.15, 0.2) is 0 Å². The molecule has 1 aliphatic carbocycles. The first kappa shape index (κ1) is 29.1. The maximum absolute atomic E-state index is 14.0. The SMILES string of the molecule is CC/C(=C\c1ccc(CO)o1)CC[C@H]1OC[C@H]2C1=C(C(C)C)C[C@H]1C(=O)N(c3ccc(Nc4ccccc4)cc3)C(=O)[C@H]12. The fourth-order valence-electron chi connectivity index (χ4n) is 7.02. The number of carbonyl (C=O) groups excluding carboxylic acids is 2. The first-order valence-corrected chi connectivity index (χ1v) is 15.4. The minimum Gasteiger partial charge on any atom is -0.459 e. The molecule has 0 spiro atoms. The predicted molar refractivity (Wildman–Crippen MR) is 167 cm³/mol. The van der Waals surface area contributed by atoms with Gasteiger partial charge in [-0.15, -0.1) is 0 Å². The van der Waals surface area contributed by atoms with Crippen molar-refractivity contribution in [3.8, 4) is 0 Å². The van der Waals surface area contributed by atoms with E-state index in [0.717, 1.165) is 36.4 Å². The van der Waals surface area contributed by atoms with Crippen molar-refractivity contribution in [2.24, 2.45) is 23.7 Å². The highest BCUT2D eigenvalue weighted by molar-refractivity contribution is 6.22. The quantitative estimate of drug-likeness (QED) is 0.194. The fraction of sp³-hybridized carbons (Fsp3) is 0.389. The third-order valence-electron chi connectivity index (χ3n) is 9.20. The van der Waals surface area contributed by atoms with E-state index >= 15 is 0 Å². The standard InChI is InChI=1S/C36H40N2O5/c1-4-23(18-27-15-16-28(20-39)43-27)10-17-32-33-29(22(2)3)19-30-34(31(33)21-42-32)36(41)38(35(30)40)26-13-11-25(12-14-26)37-24-8-6-5-7-9-24/h5-9,11-16,18,22,30-32,34,37,39H,4,10,17,19-21H2,1-3H3/b23-18+/t30-,31+,32-,34-/m1/s1. The second kappa shape index (κ2) is 12.3. The first-order valence-electron chi connectivity index (χ1n) is 15.4. The Balaban J connectivity index is 1.20. The van der Waals surface area contributed by atoms with Crippen LogP contribution >= 0.6 is 0 Å².